The van der Waals surface area contributed by atoms with Crippen molar-refractivity contribution in [1.29, 1.82) is 0 Å². The monoisotopic (exact) mass is 289 g/mol. The van der Waals surface area contributed by atoms with E-state index in [1.54, 1.807) is 6.07 Å². The lowest BCUT2D eigenvalue weighted by atomic mass is 10.1. The van der Waals surface area contributed by atoms with Crippen molar-refractivity contribution in [2.45, 2.75) is 47.1 Å². The SMILES string of the molecule is CCNCc1c(CC)nn(-c2ccc(F)cc2C)c1CC. The molecule has 0 spiro atoms. The number of benzene rings is 1. The molecule has 4 heteroatoms. The number of nitrogens with one attached hydrogen (secondary N) is 1. The van der Waals surface area contributed by atoms with Crippen molar-refractivity contribution in [3.05, 3.63) is 46.5 Å². The summed E-state index contributed by atoms with van der Waals surface area (Å²) >= 11 is 0. The predicted molar refractivity (Wildman–Crippen MR) is 84.4 cm³/mol. The Hall–Kier alpha value is -1.68. The van der Waals surface area contributed by atoms with Gasteiger partial charge in [0.1, 0.15) is 5.82 Å². The van der Waals surface area contributed by atoms with Gasteiger partial charge in [0.15, 0.2) is 0 Å². The molecule has 0 saturated carbocycles. The van der Waals surface area contributed by atoms with Crippen molar-refractivity contribution in [2.75, 3.05) is 6.54 Å². The number of hydrogen-bond acceptors (Lipinski definition) is 2. The molecule has 0 aliphatic heterocycles. The van der Waals surface area contributed by atoms with Crippen LogP contribution < -0.4 is 5.32 Å². The zero-order valence-electron chi connectivity index (χ0n) is 13.3. The van der Waals surface area contributed by atoms with Crippen LogP contribution in [0.1, 0.15) is 43.3 Å². The van der Waals surface area contributed by atoms with Crippen molar-refractivity contribution in [2.24, 2.45) is 0 Å². The van der Waals surface area contributed by atoms with Crippen LogP contribution in [0.5, 0.6) is 0 Å². The van der Waals surface area contributed by atoms with Gasteiger partial charge in [0.25, 0.3) is 0 Å². The Labute approximate surface area is 126 Å². The highest BCUT2D eigenvalue weighted by Gasteiger charge is 2.17. The van der Waals surface area contributed by atoms with Gasteiger partial charge in [-0.2, -0.15) is 5.10 Å². The first-order valence-corrected chi connectivity index (χ1v) is 7.69. The molecule has 0 saturated heterocycles. The van der Waals surface area contributed by atoms with Crippen LogP contribution in [0.25, 0.3) is 5.69 Å². The molecule has 0 amide bonds. The standard InChI is InChI=1S/C17H24FN3/c1-5-15-14(11-19-7-3)16(6-2)21(20-15)17-9-8-13(18)10-12(17)4/h8-10,19H,5-7,11H2,1-4H3. The Balaban J connectivity index is 2.55. The molecule has 2 rings (SSSR count). The summed E-state index contributed by atoms with van der Waals surface area (Å²) in [4.78, 5) is 0. The first-order chi connectivity index (χ1) is 10.1. The maximum Gasteiger partial charge on any atom is 0.123 e. The van der Waals surface area contributed by atoms with Crippen LogP contribution in [0.4, 0.5) is 4.39 Å². The van der Waals surface area contributed by atoms with Gasteiger partial charge in [-0.15, -0.1) is 0 Å². The molecule has 114 valence electrons. The minimum Gasteiger partial charge on any atom is -0.313 e. The molecule has 0 aliphatic rings. The van der Waals surface area contributed by atoms with E-state index in [2.05, 4.69) is 26.1 Å². The summed E-state index contributed by atoms with van der Waals surface area (Å²) < 4.78 is 15.3. The zero-order chi connectivity index (χ0) is 15.4. The summed E-state index contributed by atoms with van der Waals surface area (Å²) in [7, 11) is 0. The molecule has 1 N–H and O–H groups in total. The average molecular weight is 289 g/mol. The van der Waals surface area contributed by atoms with Crippen LogP contribution in [0.15, 0.2) is 18.2 Å². The van der Waals surface area contributed by atoms with E-state index in [9.17, 15) is 4.39 Å². The molecule has 21 heavy (non-hydrogen) atoms. The molecular weight excluding hydrogens is 265 g/mol. The lowest BCUT2D eigenvalue weighted by molar-refractivity contribution is 0.625. The second-order valence-electron chi connectivity index (χ2n) is 5.20. The molecular formula is C17H24FN3. The fraction of sp³-hybridized carbons (Fsp3) is 0.471. The lowest BCUT2D eigenvalue weighted by Gasteiger charge is -2.11. The van der Waals surface area contributed by atoms with Gasteiger partial charge in [0.05, 0.1) is 11.4 Å². The molecule has 1 heterocycles. The van der Waals surface area contributed by atoms with E-state index in [0.29, 0.717) is 0 Å². The van der Waals surface area contributed by atoms with Crippen molar-refractivity contribution >= 4 is 0 Å². The van der Waals surface area contributed by atoms with Crippen LogP contribution in [-0.4, -0.2) is 16.3 Å². The molecule has 0 fully saturated rings. The summed E-state index contributed by atoms with van der Waals surface area (Å²) in [6.45, 7) is 10.1. The Morgan fingerprint density at radius 3 is 2.52 bits per heavy atom. The number of halogens is 1. The van der Waals surface area contributed by atoms with Crippen LogP contribution in [0, 0.1) is 12.7 Å². The van der Waals surface area contributed by atoms with Crippen LogP contribution in [0.3, 0.4) is 0 Å². The van der Waals surface area contributed by atoms with E-state index >= 15 is 0 Å². The summed E-state index contributed by atoms with van der Waals surface area (Å²) in [6.07, 6.45) is 1.81. The molecule has 0 bridgehead atoms. The first-order valence-electron chi connectivity index (χ1n) is 7.69. The molecule has 1 aromatic heterocycles. The number of nitrogens with zero attached hydrogens (tertiary/aromatic N) is 2. The third-order valence-corrected chi connectivity index (χ3v) is 3.78. The Morgan fingerprint density at radius 1 is 1.19 bits per heavy atom. The van der Waals surface area contributed by atoms with Crippen molar-refractivity contribution in [1.82, 2.24) is 15.1 Å². The van der Waals surface area contributed by atoms with Gasteiger partial charge < -0.3 is 5.32 Å². The van der Waals surface area contributed by atoms with Crippen molar-refractivity contribution in [3.63, 3.8) is 0 Å². The fourth-order valence-electron chi connectivity index (χ4n) is 2.69. The van der Waals surface area contributed by atoms with Gasteiger partial charge in [-0.05, 0) is 50.1 Å². The number of aromatic nitrogens is 2. The number of aryl methyl sites for hydroxylation is 2. The topological polar surface area (TPSA) is 29.9 Å². The Kier molecular flexibility index (Phi) is 5.12. The molecule has 0 radical (unpaired) electrons. The van der Waals surface area contributed by atoms with Crippen LogP contribution in [0.2, 0.25) is 0 Å². The van der Waals surface area contributed by atoms with E-state index in [1.807, 2.05) is 17.7 Å². The van der Waals surface area contributed by atoms with Crippen LogP contribution >= 0.6 is 0 Å². The molecule has 3 nitrogen and oxygen atoms in total. The smallest absolute Gasteiger partial charge is 0.123 e. The normalized spacial score (nSPS) is 11.1. The largest absolute Gasteiger partial charge is 0.313 e. The Bertz CT molecular complexity index is 617. The van der Waals surface area contributed by atoms with Gasteiger partial charge in [-0.1, -0.05) is 20.8 Å². The van der Waals surface area contributed by atoms with Gasteiger partial charge in [-0.3, -0.25) is 0 Å². The van der Waals surface area contributed by atoms with E-state index in [0.717, 1.165) is 42.9 Å². The molecule has 0 aliphatic carbocycles. The minimum atomic E-state index is -0.204. The minimum absolute atomic E-state index is 0.204. The highest BCUT2D eigenvalue weighted by molar-refractivity contribution is 5.43. The third kappa shape index (κ3) is 3.16. The summed E-state index contributed by atoms with van der Waals surface area (Å²) in [6, 6.07) is 4.87. The quantitative estimate of drug-likeness (QED) is 0.881. The van der Waals surface area contributed by atoms with E-state index in [1.165, 1.54) is 17.3 Å². The fourth-order valence-corrected chi connectivity index (χ4v) is 2.69. The maximum absolute atomic E-state index is 13.3. The number of hydrogen-bond donors (Lipinski definition) is 1. The van der Waals surface area contributed by atoms with Crippen molar-refractivity contribution < 1.29 is 4.39 Å². The van der Waals surface area contributed by atoms with Gasteiger partial charge in [-0.25, -0.2) is 9.07 Å². The highest BCUT2D eigenvalue weighted by Crippen LogP contribution is 2.23. The zero-order valence-corrected chi connectivity index (χ0v) is 13.3. The third-order valence-electron chi connectivity index (χ3n) is 3.78. The molecule has 0 unspecified atom stereocenters. The maximum atomic E-state index is 13.3. The first kappa shape index (κ1) is 15.7. The average Bonchev–Trinajstić information content (AvgIpc) is 2.82. The van der Waals surface area contributed by atoms with Crippen LogP contribution in [-0.2, 0) is 19.4 Å². The lowest BCUT2D eigenvalue weighted by Crippen LogP contribution is -2.14. The predicted octanol–water partition coefficient (Wildman–Crippen LogP) is 3.55. The Morgan fingerprint density at radius 2 is 1.95 bits per heavy atom. The summed E-state index contributed by atoms with van der Waals surface area (Å²) in [5.74, 6) is -0.204. The van der Waals surface area contributed by atoms with Crippen molar-refractivity contribution in [3.8, 4) is 5.69 Å². The second-order valence-corrected chi connectivity index (χ2v) is 5.20. The van der Waals surface area contributed by atoms with E-state index in [-0.39, 0.29) is 5.82 Å². The van der Waals surface area contributed by atoms with Gasteiger partial charge >= 0.3 is 0 Å². The molecule has 0 atom stereocenters. The second kappa shape index (κ2) is 6.85. The number of rotatable bonds is 6. The van der Waals surface area contributed by atoms with Gasteiger partial charge in [0, 0.05) is 17.8 Å². The summed E-state index contributed by atoms with van der Waals surface area (Å²) in [5, 5.41) is 8.16. The summed E-state index contributed by atoms with van der Waals surface area (Å²) in [5.41, 5.74) is 5.49. The van der Waals surface area contributed by atoms with E-state index < -0.39 is 0 Å². The molecule has 2 aromatic rings. The van der Waals surface area contributed by atoms with E-state index in [4.69, 9.17) is 5.10 Å². The van der Waals surface area contributed by atoms with Gasteiger partial charge in [0.2, 0.25) is 0 Å². The molecule has 1 aromatic carbocycles. The highest BCUT2D eigenvalue weighted by atomic mass is 19.1.